The first-order chi connectivity index (χ1) is 8.66. The van der Waals surface area contributed by atoms with Crippen molar-refractivity contribution in [2.45, 2.75) is 19.6 Å². The molecule has 4 nitrogen and oxygen atoms in total. The molecule has 0 aliphatic carbocycles. The molecule has 1 aromatic heterocycles. The fourth-order valence-electron chi connectivity index (χ4n) is 1.96. The number of nitrogens with zero attached hydrogens (tertiary/aromatic N) is 2. The molecule has 0 aliphatic rings. The van der Waals surface area contributed by atoms with E-state index in [9.17, 15) is 5.11 Å². The second-order valence-electron chi connectivity index (χ2n) is 4.47. The fourth-order valence-corrected chi connectivity index (χ4v) is 1.96. The molecule has 18 heavy (non-hydrogen) atoms. The van der Waals surface area contributed by atoms with E-state index in [1.807, 2.05) is 50.5 Å². The highest BCUT2D eigenvalue weighted by atomic mass is 16.3. The minimum absolute atomic E-state index is 0.469. The Balaban J connectivity index is 1.84. The van der Waals surface area contributed by atoms with Crippen LogP contribution < -0.4 is 5.32 Å². The Labute approximate surface area is 107 Å². The predicted octanol–water partition coefficient (Wildman–Crippen LogP) is 1.55. The lowest BCUT2D eigenvalue weighted by atomic mass is 10.1. The van der Waals surface area contributed by atoms with Crippen molar-refractivity contribution in [2.75, 3.05) is 6.54 Å². The molecular weight excluding hydrogens is 226 g/mol. The third kappa shape index (κ3) is 3.18. The summed E-state index contributed by atoms with van der Waals surface area (Å²) in [4.78, 5) is 0. The number of aliphatic hydroxyl groups excluding tert-OH is 1. The van der Waals surface area contributed by atoms with Crippen LogP contribution in [0.4, 0.5) is 0 Å². The Morgan fingerprint density at radius 2 is 2.06 bits per heavy atom. The van der Waals surface area contributed by atoms with Crippen LogP contribution in [0.25, 0.3) is 0 Å². The highest BCUT2D eigenvalue weighted by Gasteiger charge is 2.07. The molecule has 0 saturated heterocycles. The maximum atomic E-state index is 9.99. The molecule has 0 fully saturated rings. The molecule has 0 radical (unpaired) electrons. The zero-order chi connectivity index (χ0) is 13.0. The summed E-state index contributed by atoms with van der Waals surface area (Å²) in [6.07, 6.45) is 1.53. The van der Waals surface area contributed by atoms with E-state index < -0.39 is 6.10 Å². The van der Waals surface area contributed by atoms with Gasteiger partial charge in [0.15, 0.2) is 0 Å². The van der Waals surface area contributed by atoms with Crippen LogP contribution >= 0.6 is 0 Å². The number of benzene rings is 1. The van der Waals surface area contributed by atoms with Gasteiger partial charge in [-0.1, -0.05) is 30.3 Å². The van der Waals surface area contributed by atoms with E-state index in [1.54, 1.807) is 4.68 Å². The monoisotopic (exact) mass is 245 g/mol. The predicted molar refractivity (Wildman–Crippen MR) is 71.1 cm³/mol. The lowest BCUT2D eigenvalue weighted by Crippen LogP contribution is -2.21. The molecular formula is C14H19N3O. The summed E-state index contributed by atoms with van der Waals surface area (Å²) >= 11 is 0. The largest absolute Gasteiger partial charge is 0.387 e. The van der Waals surface area contributed by atoms with Crippen molar-refractivity contribution >= 4 is 0 Å². The van der Waals surface area contributed by atoms with Crippen molar-refractivity contribution in [3.05, 3.63) is 53.3 Å². The standard InChI is InChI=1S/C14H19N3O/c1-11-13(10-17(2)16-11)8-15-9-14(18)12-6-4-3-5-7-12/h3-7,10,14-15,18H,8-9H2,1-2H3. The number of aromatic nitrogens is 2. The lowest BCUT2D eigenvalue weighted by Gasteiger charge is -2.11. The smallest absolute Gasteiger partial charge is 0.0914 e. The van der Waals surface area contributed by atoms with Crippen LogP contribution in [0.15, 0.2) is 36.5 Å². The molecule has 1 unspecified atom stereocenters. The van der Waals surface area contributed by atoms with Crippen molar-refractivity contribution < 1.29 is 5.11 Å². The van der Waals surface area contributed by atoms with Gasteiger partial charge in [0.25, 0.3) is 0 Å². The van der Waals surface area contributed by atoms with Gasteiger partial charge in [-0.15, -0.1) is 0 Å². The first-order valence-corrected chi connectivity index (χ1v) is 6.09. The number of hydrogen-bond donors (Lipinski definition) is 2. The molecule has 0 saturated carbocycles. The molecule has 96 valence electrons. The third-order valence-electron chi connectivity index (χ3n) is 2.95. The van der Waals surface area contributed by atoms with Gasteiger partial charge in [-0.25, -0.2) is 0 Å². The molecule has 1 heterocycles. The lowest BCUT2D eigenvalue weighted by molar-refractivity contribution is 0.174. The maximum Gasteiger partial charge on any atom is 0.0914 e. The van der Waals surface area contributed by atoms with Gasteiger partial charge in [0, 0.05) is 31.9 Å². The van der Waals surface area contributed by atoms with E-state index in [0.29, 0.717) is 6.54 Å². The van der Waals surface area contributed by atoms with E-state index in [4.69, 9.17) is 0 Å². The molecule has 1 atom stereocenters. The normalized spacial score (nSPS) is 12.6. The zero-order valence-electron chi connectivity index (χ0n) is 10.8. The summed E-state index contributed by atoms with van der Waals surface area (Å²) < 4.78 is 1.81. The van der Waals surface area contributed by atoms with Crippen molar-refractivity contribution in [3.63, 3.8) is 0 Å². The second kappa shape index (κ2) is 5.80. The Morgan fingerprint density at radius 3 is 2.67 bits per heavy atom. The van der Waals surface area contributed by atoms with Crippen LogP contribution in [-0.2, 0) is 13.6 Å². The van der Waals surface area contributed by atoms with Gasteiger partial charge in [0.05, 0.1) is 11.8 Å². The second-order valence-corrected chi connectivity index (χ2v) is 4.47. The Bertz CT molecular complexity index is 493. The number of aliphatic hydroxyl groups is 1. The molecule has 4 heteroatoms. The Hall–Kier alpha value is -1.65. The quantitative estimate of drug-likeness (QED) is 0.840. The first kappa shape index (κ1) is 12.8. The van der Waals surface area contributed by atoms with Gasteiger partial charge in [-0.2, -0.15) is 5.10 Å². The first-order valence-electron chi connectivity index (χ1n) is 6.09. The SMILES string of the molecule is Cc1nn(C)cc1CNCC(O)c1ccccc1. The summed E-state index contributed by atoms with van der Waals surface area (Å²) in [5.74, 6) is 0. The van der Waals surface area contributed by atoms with Crippen LogP contribution in [0.2, 0.25) is 0 Å². The van der Waals surface area contributed by atoms with E-state index >= 15 is 0 Å². The Morgan fingerprint density at radius 1 is 1.33 bits per heavy atom. The zero-order valence-corrected chi connectivity index (χ0v) is 10.8. The minimum atomic E-state index is -0.469. The summed E-state index contributed by atoms with van der Waals surface area (Å²) in [6.45, 7) is 3.26. The van der Waals surface area contributed by atoms with Gasteiger partial charge in [0.1, 0.15) is 0 Å². The molecule has 0 amide bonds. The summed E-state index contributed by atoms with van der Waals surface area (Å²) in [6, 6.07) is 9.68. The number of rotatable bonds is 5. The van der Waals surface area contributed by atoms with E-state index in [-0.39, 0.29) is 0 Å². The van der Waals surface area contributed by atoms with E-state index in [0.717, 1.165) is 23.4 Å². The van der Waals surface area contributed by atoms with Crippen LogP contribution in [0.3, 0.4) is 0 Å². The number of nitrogens with one attached hydrogen (secondary N) is 1. The molecule has 2 aromatic rings. The molecule has 2 N–H and O–H groups in total. The van der Waals surface area contributed by atoms with Gasteiger partial charge in [0.2, 0.25) is 0 Å². The number of aryl methyl sites for hydroxylation is 2. The van der Waals surface area contributed by atoms with Crippen molar-refractivity contribution in [1.29, 1.82) is 0 Å². The summed E-state index contributed by atoms with van der Waals surface area (Å²) in [7, 11) is 1.91. The van der Waals surface area contributed by atoms with Gasteiger partial charge >= 0.3 is 0 Å². The maximum absolute atomic E-state index is 9.99. The van der Waals surface area contributed by atoms with E-state index in [1.165, 1.54) is 0 Å². The van der Waals surface area contributed by atoms with Crippen LogP contribution in [0.5, 0.6) is 0 Å². The van der Waals surface area contributed by atoms with E-state index in [2.05, 4.69) is 10.4 Å². The van der Waals surface area contributed by atoms with Crippen molar-refractivity contribution in [2.24, 2.45) is 7.05 Å². The van der Waals surface area contributed by atoms with Crippen LogP contribution in [-0.4, -0.2) is 21.4 Å². The summed E-state index contributed by atoms with van der Waals surface area (Å²) in [5.41, 5.74) is 3.13. The Kier molecular flexibility index (Phi) is 4.12. The molecule has 2 rings (SSSR count). The van der Waals surface area contributed by atoms with Gasteiger partial charge in [-0.05, 0) is 12.5 Å². The topological polar surface area (TPSA) is 50.1 Å². The van der Waals surface area contributed by atoms with Crippen molar-refractivity contribution in [3.8, 4) is 0 Å². The van der Waals surface area contributed by atoms with Crippen molar-refractivity contribution in [1.82, 2.24) is 15.1 Å². The van der Waals surface area contributed by atoms with Crippen LogP contribution in [0, 0.1) is 6.92 Å². The molecule has 1 aromatic carbocycles. The number of hydrogen-bond acceptors (Lipinski definition) is 3. The highest BCUT2D eigenvalue weighted by Crippen LogP contribution is 2.11. The summed E-state index contributed by atoms with van der Waals surface area (Å²) in [5, 5.41) is 17.5. The molecule has 0 bridgehead atoms. The highest BCUT2D eigenvalue weighted by molar-refractivity contribution is 5.18. The van der Waals surface area contributed by atoms with Crippen LogP contribution in [0.1, 0.15) is 22.9 Å². The molecule has 0 spiro atoms. The minimum Gasteiger partial charge on any atom is -0.387 e. The third-order valence-corrected chi connectivity index (χ3v) is 2.95. The fraction of sp³-hybridized carbons (Fsp3) is 0.357. The molecule has 0 aliphatic heterocycles. The van der Waals surface area contributed by atoms with Gasteiger partial charge < -0.3 is 10.4 Å². The average molecular weight is 245 g/mol. The van der Waals surface area contributed by atoms with Gasteiger partial charge in [-0.3, -0.25) is 4.68 Å². The average Bonchev–Trinajstić information content (AvgIpc) is 2.69.